The number of aliphatic hydroxyl groups is 1. The fourth-order valence-corrected chi connectivity index (χ4v) is 1.92. The van der Waals surface area contributed by atoms with Crippen LogP contribution in [0.25, 0.3) is 5.76 Å². The summed E-state index contributed by atoms with van der Waals surface area (Å²) in [7, 11) is 0. The van der Waals surface area contributed by atoms with Crippen LogP contribution in [0.1, 0.15) is 25.3 Å². The molecule has 78 valence electrons. The Labute approximate surface area is 89.2 Å². The minimum Gasteiger partial charge on any atom is -0.507 e. The van der Waals surface area contributed by atoms with Crippen LogP contribution in [0.2, 0.25) is 0 Å². The highest BCUT2D eigenvalue weighted by molar-refractivity contribution is 6.04. The van der Waals surface area contributed by atoms with Gasteiger partial charge < -0.3 is 5.11 Å². The van der Waals surface area contributed by atoms with Gasteiger partial charge in [0.2, 0.25) is 0 Å². The molecule has 1 aliphatic carbocycles. The smallest absolute Gasteiger partial charge is 0.165 e. The van der Waals surface area contributed by atoms with E-state index in [2.05, 4.69) is 0 Å². The molecule has 1 aromatic carbocycles. The van der Waals surface area contributed by atoms with Gasteiger partial charge in [0.25, 0.3) is 0 Å². The first-order valence-corrected chi connectivity index (χ1v) is 5.22. The Morgan fingerprint density at radius 1 is 1.33 bits per heavy atom. The van der Waals surface area contributed by atoms with Crippen LogP contribution in [-0.2, 0) is 4.79 Å². The molecule has 1 aromatic rings. The third-order valence-corrected chi connectivity index (χ3v) is 2.91. The van der Waals surface area contributed by atoms with Gasteiger partial charge in [0.15, 0.2) is 5.78 Å². The number of hydrogen-bond donors (Lipinski definition) is 1. The number of allylic oxidation sites excluding steroid dienone is 1. The molecule has 1 unspecified atom stereocenters. The Morgan fingerprint density at radius 3 is 2.53 bits per heavy atom. The number of aliphatic hydroxyl groups excluding tert-OH is 1. The van der Waals surface area contributed by atoms with E-state index in [9.17, 15) is 9.90 Å². The lowest BCUT2D eigenvalue weighted by molar-refractivity contribution is -0.117. The fraction of sp³-hybridized carbons (Fsp3) is 0.308. The third kappa shape index (κ3) is 1.80. The van der Waals surface area contributed by atoms with Gasteiger partial charge in [-0.3, -0.25) is 4.79 Å². The van der Waals surface area contributed by atoms with Gasteiger partial charge in [-0.05, 0) is 12.8 Å². The molecule has 1 fully saturated rings. The molecule has 1 saturated carbocycles. The predicted molar refractivity (Wildman–Crippen MR) is 59.4 cm³/mol. The lowest BCUT2D eigenvalue weighted by Crippen LogP contribution is -2.04. The maximum atomic E-state index is 11.7. The molecule has 0 bridgehead atoms. The van der Waals surface area contributed by atoms with Crippen LogP contribution < -0.4 is 0 Å². The second kappa shape index (κ2) is 3.89. The highest BCUT2D eigenvalue weighted by atomic mass is 16.3. The summed E-state index contributed by atoms with van der Waals surface area (Å²) in [5.41, 5.74) is 1.32. The minimum atomic E-state index is 0.0610. The molecule has 0 spiro atoms. The quantitative estimate of drug-likeness (QED) is 0.561. The maximum absolute atomic E-state index is 11.7. The van der Waals surface area contributed by atoms with E-state index in [0.29, 0.717) is 12.0 Å². The van der Waals surface area contributed by atoms with Crippen LogP contribution in [-0.4, -0.2) is 10.9 Å². The monoisotopic (exact) mass is 202 g/mol. The Morgan fingerprint density at radius 2 is 2.00 bits per heavy atom. The van der Waals surface area contributed by atoms with Crippen molar-refractivity contribution >= 4 is 11.5 Å². The van der Waals surface area contributed by atoms with E-state index in [-0.39, 0.29) is 17.5 Å². The molecular formula is C13H14O2. The number of carbonyl (C=O) groups is 1. The molecule has 0 amide bonds. The summed E-state index contributed by atoms with van der Waals surface area (Å²) in [4.78, 5) is 11.7. The number of hydrogen-bond acceptors (Lipinski definition) is 2. The van der Waals surface area contributed by atoms with Gasteiger partial charge in [-0.25, -0.2) is 0 Å². The van der Waals surface area contributed by atoms with Crippen molar-refractivity contribution in [2.75, 3.05) is 0 Å². The topological polar surface area (TPSA) is 37.3 Å². The first-order chi connectivity index (χ1) is 7.20. The summed E-state index contributed by atoms with van der Waals surface area (Å²) in [5.74, 6) is 0.312. The molecule has 2 heteroatoms. The zero-order valence-corrected chi connectivity index (χ0v) is 8.73. The van der Waals surface area contributed by atoms with E-state index in [0.717, 1.165) is 12.0 Å². The van der Waals surface area contributed by atoms with E-state index in [1.807, 2.05) is 37.3 Å². The van der Waals surface area contributed by atoms with Crippen molar-refractivity contribution in [1.29, 1.82) is 0 Å². The van der Waals surface area contributed by atoms with Crippen molar-refractivity contribution < 1.29 is 9.90 Å². The molecule has 2 nitrogen and oxygen atoms in total. The molecular weight excluding hydrogens is 188 g/mol. The minimum absolute atomic E-state index is 0.0610. The number of carbonyl (C=O) groups excluding carboxylic acids is 1. The van der Waals surface area contributed by atoms with Crippen molar-refractivity contribution in [3.63, 3.8) is 0 Å². The van der Waals surface area contributed by atoms with E-state index >= 15 is 0 Å². The second-order valence-electron chi connectivity index (χ2n) is 4.00. The zero-order chi connectivity index (χ0) is 10.8. The van der Waals surface area contributed by atoms with Crippen molar-refractivity contribution in [2.24, 2.45) is 5.92 Å². The molecule has 0 saturated heterocycles. The van der Waals surface area contributed by atoms with Crippen LogP contribution in [0.15, 0.2) is 35.9 Å². The van der Waals surface area contributed by atoms with Crippen LogP contribution >= 0.6 is 0 Å². The van der Waals surface area contributed by atoms with Crippen LogP contribution in [0.3, 0.4) is 0 Å². The molecule has 0 heterocycles. The van der Waals surface area contributed by atoms with Gasteiger partial charge in [0.05, 0.1) is 0 Å². The number of Topliss-reactive ketones (excluding diaryl/α,β-unsaturated/α-hetero) is 1. The maximum Gasteiger partial charge on any atom is 0.165 e. The van der Waals surface area contributed by atoms with Crippen LogP contribution in [0, 0.1) is 5.92 Å². The van der Waals surface area contributed by atoms with Crippen molar-refractivity contribution in [2.45, 2.75) is 19.8 Å². The van der Waals surface area contributed by atoms with E-state index in [1.54, 1.807) is 0 Å². The molecule has 1 aliphatic rings. The van der Waals surface area contributed by atoms with Gasteiger partial charge in [-0.1, -0.05) is 37.3 Å². The largest absolute Gasteiger partial charge is 0.507 e. The Bertz CT molecular complexity index is 404. The molecule has 15 heavy (non-hydrogen) atoms. The normalized spacial score (nSPS) is 24.3. The standard InChI is InChI=1S/C13H14O2/c1-9-7-8-11(12(9)14)13(15)10-5-3-2-4-6-10/h2-6,9,15H,7-8H2,1H3. The molecule has 0 aliphatic heterocycles. The van der Waals surface area contributed by atoms with E-state index < -0.39 is 0 Å². The Balaban J connectivity index is 2.39. The van der Waals surface area contributed by atoms with Gasteiger partial charge in [0.1, 0.15) is 5.76 Å². The predicted octanol–water partition coefficient (Wildman–Crippen LogP) is 2.95. The number of rotatable bonds is 1. The van der Waals surface area contributed by atoms with Gasteiger partial charge in [-0.2, -0.15) is 0 Å². The Hall–Kier alpha value is -1.57. The zero-order valence-electron chi connectivity index (χ0n) is 8.73. The average Bonchev–Trinajstić information content (AvgIpc) is 2.60. The summed E-state index contributed by atoms with van der Waals surface area (Å²) in [5, 5.41) is 9.97. The summed E-state index contributed by atoms with van der Waals surface area (Å²) < 4.78 is 0. The second-order valence-corrected chi connectivity index (χ2v) is 4.00. The first-order valence-electron chi connectivity index (χ1n) is 5.22. The number of ketones is 1. The lowest BCUT2D eigenvalue weighted by atomic mass is 10.0. The molecule has 2 rings (SSSR count). The molecule has 1 N–H and O–H groups in total. The average molecular weight is 202 g/mol. The summed E-state index contributed by atoms with van der Waals surface area (Å²) >= 11 is 0. The van der Waals surface area contributed by atoms with Crippen LogP contribution in [0.4, 0.5) is 0 Å². The van der Waals surface area contributed by atoms with Crippen molar-refractivity contribution in [3.8, 4) is 0 Å². The van der Waals surface area contributed by atoms with Crippen molar-refractivity contribution in [1.82, 2.24) is 0 Å². The lowest BCUT2D eigenvalue weighted by Gasteiger charge is -2.03. The van der Waals surface area contributed by atoms with Crippen molar-refractivity contribution in [3.05, 3.63) is 41.5 Å². The third-order valence-electron chi connectivity index (χ3n) is 2.91. The summed E-state index contributed by atoms with van der Waals surface area (Å²) in [6.45, 7) is 1.91. The number of benzene rings is 1. The Kier molecular flexibility index (Phi) is 2.58. The molecule has 0 aromatic heterocycles. The first kappa shape index (κ1) is 9.97. The molecule has 1 atom stereocenters. The fourth-order valence-electron chi connectivity index (χ4n) is 1.92. The molecule has 0 radical (unpaired) electrons. The van der Waals surface area contributed by atoms with Gasteiger partial charge in [0, 0.05) is 17.1 Å². The SMILES string of the molecule is CC1CCC(=C(O)c2ccccc2)C1=O. The summed E-state index contributed by atoms with van der Waals surface area (Å²) in [6.07, 6.45) is 1.55. The highest BCUT2D eigenvalue weighted by Crippen LogP contribution is 2.31. The highest BCUT2D eigenvalue weighted by Gasteiger charge is 2.28. The van der Waals surface area contributed by atoms with Gasteiger partial charge >= 0.3 is 0 Å². The van der Waals surface area contributed by atoms with E-state index in [4.69, 9.17) is 0 Å². The van der Waals surface area contributed by atoms with Gasteiger partial charge in [-0.15, -0.1) is 0 Å². The van der Waals surface area contributed by atoms with E-state index in [1.165, 1.54) is 0 Å². The summed E-state index contributed by atoms with van der Waals surface area (Å²) in [6, 6.07) is 9.24. The van der Waals surface area contributed by atoms with Crippen LogP contribution in [0.5, 0.6) is 0 Å².